The zero-order chi connectivity index (χ0) is 20.4. The molecule has 0 radical (unpaired) electrons. The molecule has 28 heavy (non-hydrogen) atoms. The molecule has 0 spiro atoms. The van der Waals surface area contributed by atoms with E-state index in [1.807, 2.05) is 57.2 Å². The lowest BCUT2D eigenvalue weighted by atomic mass is 10.1. The summed E-state index contributed by atoms with van der Waals surface area (Å²) in [7, 11) is 0. The third-order valence-corrected chi connectivity index (χ3v) is 4.25. The first kappa shape index (κ1) is 21.3. The van der Waals surface area contributed by atoms with Gasteiger partial charge in [-0.25, -0.2) is 0 Å². The van der Waals surface area contributed by atoms with Crippen molar-refractivity contribution in [3.63, 3.8) is 0 Å². The Labute approximate surface area is 166 Å². The van der Waals surface area contributed by atoms with Crippen molar-refractivity contribution >= 4 is 17.5 Å². The van der Waals surface area contributed by atoms with Crippen LogP contribution in [-0.2, 0) is 9.59 Å². The molecule has 0 saturated heterocycles. The normalized spacial score (nSPS) is 10.2. The summed E-state index contributed by atoms with van der Waals surface area (Å²) in [4.78, 5) is 23.6. The molecule has 3 N–H and O–H groups in total. The summed E-state index contributed by atoms with van der Waals surface area (Å²) in [6.07, 6.45) is 1.79. The highest BCUT2D eigenvalue weighted by atomic mass is 16.5. The van der Waals surface area contributed by atoms with Gasteiger partial charge in [-0.2, -0.15) is 0 Å². The molecule has 2 amide bonds. The van der Waals surface area contributed by atoms with E-state index in [-0.39, 0.29) is 18.4 Å². The lowest BCUT2D eigenvalue weighted by molar-refractivity contribution is -0.128. The molecular weight excluding hydrogens is 354 g/mol. The molecular formula is C22H29N3O3. The van der Waals surface area contributed by atoms with Crippen molar-refractivity contribution in [1.29, 1.82) is 0 Å². The lowest BCUT2D eigenvalue weighted by Crippen LogP contribution is -2.44. The predicted octanol–water partition coefficient (Wildman–Crippen LogP) is 3.42. The van der Waals surface area contributed by atoms with Crippen LogP contribution in [0.25, 0.3) is 0 Å². The van der Waals surface area contributed by atoms with Crippen LogP contribution in [-0.4, -0.2) is 25.0 Å². The maximum atomic E-state index is 11.8. The largest absolute Gasteiger partial charge is 0.493 e. The lowest BCUT2D eigenvalue weighted by Gasteiger charge is -2.11. The smallest absolute Gasteiger partial charge is 0.257 e. The maximum Gasteiger partial charge on any atom is 0.257 e. The number of carbonyl (C=O) groups excluding carboxylic acids is 2. The predicted molar refractivity (Wildman–Crippen MR) is 111 cm³/mol. The van der Waals surface area contributed by atoms with Crippen LogP contribution < -0.4 is 20.9 Å². The number of nitrogens with one attached hydrogen (secondary N) is 3. The van der Waals surface area contributed by atoms with Crippen LogP contribution >= 0.6 is 0 Å². The third kappa shape index (κ3) is 7.70. The van der Waals surface area contributed by atoms with Gasteiger partial charge in [0.2, 0.25) is 5.91 Å². The van der Waals surface area contributed by atoms with Gasteiger partial charge >= 0.3 is 0 Å². The van der Waals surface area contributed by atoms with Crippen molar-refractivity contribution in [2.24, 2.45) is 0 Å². The number of unbranched alkanes of at least 4 members (excludes halogenated alkanes) is 1. The molecule has 6 heteroatoms. The molecule has 0 atom stereocenters. The Kier molecular flexibility index (Phi) is 8.34. The molecule has 0 fully saturated rings. The molecule has 150 valence electrons. The Morgan fingerprint density at radius 1 is 0.857 bits per heavy atom. The number of ether oxygens (including phenoxy) is 1. The average molecular weight is 383 g/mol. The molecule has 0 aliphatic rings. The fraction of sp³-hybridized carbons (Fsp3) is 0.364. The summed E-state index contributed by atoms with van der Waals surface area (Å²) in [5.41, 5.74) is 9.12. The van der Waals surface area contributed by atoms with Gasteiger partial charge in [0.25, 0.3) is 5.91 Å². The van der Waals surface area contributed by atoms with Crippen molar-refractivity contribution in [3.8, 4) is 5.75 Å². The summed E-state index contributed by atoms with van der Waals surface area (Å²) in [6.45, 7) is 6.69. The SMILES string of the molecule is Cc1ccc(NCC(=O)NNC(=O)CCCCOc2cc(C)ccc2C)cc1. The van der Waals surface area contributed by atoms with Crippen LogP contribution in [0.4, 0.5) is 5.69 Å². The second-order valence-corrected chi connectivity index (χ2v) is 6.89. The number of benzene rings is 2. The monoisotopic (exact) mass is 383 g/mol. The quantitative estimate of drug-likeness (QED) is 0.458. The topological polar surface area (TPSA) is 79.5 Å². The number of carbonyl (C=O) groups is 2. The highest BCUT2D eigenvalue weighted by Gasteiger charge is 2.05. The van der Waals surface area contributed by atoms with Gasteiger partial charge in [0, 0.05) is 12.1 Å². The first-order valence-corrected chi connectivity index (χ1v) is 9.52. The number of hydrogen-bond acceptors (Lipinski definition) is 4. The van der Waals surface area contributed by atoms with E-state index in [1.54, 1.807) is 0 Å². The Balaban J connectivity index is 1.55. The van der Waals surface area contributed by atoms with Gasteiger partial charge in [0.1, 0.15) is 5.75 Å². The Bertz CT molecular complexity index is 788. The second kappa shape index (κ2) is 11.0. The fourth-order valence-electron chi connectivity index (χ4n) is 2.53. The average Bonchev–Trinajstić information content (AvgIpc) is 2.68. The fourth-order valence-corrected chi connectivity index (χ4v) is 2.53. The van der Waals surface area contributed by atoms with Gasteiger partial charge < -0.3 is 10.1 Å². The zero-order valence-corrected chi connectivity index (χ0v) is 16.8. The number of anilines is 1. The van der Waals surface area contributed by atoms with E-state index in [1.165, 1.54) is 0 Å². The van der Waals surface area contributed by atoms with Crippen LogP contribution in [0.15, 0.2) is 42.5 Å². The van der Waals surface area contributed by atoms with E-state index in [0.717, 1.165) is 34.5 Å². The van der Waals surface area contributed by atoms with Crippen LogP contribution in [0.3, 0.4) is 0 Å². The summed E-state index contributed by atoms with van der Waals surface area (Å²) in [5.74, 6) is 0.375. The minimum Gasteiger partial charge on any atom is -0.493 e. The molecule has 0 aromatic heterocycles. The van der Waals surface area contributed by atoms with E-state index in [0.29, 0.717) is 19.4 Å². The first-order chi connectivity index (χ1) is 13.4. The van der Waals surface area contributed by atoms with E-state index >= 15 is 0 Å². The summed E-state index contributed by atoms with van der Waals surface area (Å²) in [5, 5.41) is 3.00. The van der Waals surface area contributed by atoms with Gasteiger partial charge in [0.05, 0.1) is 13.2 Å². The van der Waals surface area contributed by atoms with Crippen LogP contribution in [0.5, 0.6) is 5.75 Å². The molecule has 0 saturated carbocycles. The molecule has 0 aliphatic heterocycles. The molecule has 0 unspecified atom stereocenters. The second-order valence-electron chi connectivity index (χ2n) is 6.89. The van der Waals surface area contributed by atoms with Gasteiger partial charge in [0.15, 0.2) is 0 Å². The standard InChI is InChI=1S/C22H29N3O3/c1-16-8-11-19(12-9-16)23-15-22(27)25-24-21(26)6-4-5-13-28-20-14-17(2)7-10-18(20)3/h7-12,14,23H,4-6,13,15H2,1-3H3,(H,24,26)(H,25,27). The Hall–Kier alpha value is -3.02. The molecule has 0 aliphatic carbocycles. The van der Waals surface area contributed by atoms with Gasteiger partial charge in [-0.1, -0.05) is 29.8 Å². The summed E-state index contributed by atoms with van der Waals surface area (Å²) in [6, 6.07) is 13.8. The summed E-state index contributed by atoms with van der Waals surface area (Å²) < 4.78 is 5.77. The van der Waals surface area contributed by atoms with Gasteiger partial charge in [-0.15, -0.1) is 0 Å². The molecule has 2 rings (SSSR count). The van der Waals surface area contributed by atoms with Crippen molar-refractivity contribution in [2.45, 2.75) is 40.0 Å². The Morgan fingerprint density at radius 3 is 2.29 bits per heavy atom. The van der Waals surface area contributed by atoms with Gasteiger partial charge in [-0.3, -0.25) is 20.4 Å². The number of amides is 2. The van der Waals surface area contributed by atoms with Crippen molar-refractivity contribution in [1.82, 2.24) is 10.9 Å². The first-order valence-electron chi connectivity index (χ1n) is 9.52. The van der Waals surface area contributed by atoms with Crippen molar-refractivity contribution < 1.29 is 14.3 Å². The van der Waals surface area contributed by atoms with Gasteiger partial charge in [-0.05, 0) is 62.9 Å². The number of hydrazine groups is 1. The number of rotatable bonds is 9. The molecule has 0 bridgehead atoms. The third-order valence-electron chi connectivity index (χ3n) is 4.25. The maximum absolute atomic E-state index is 11.8. The molecule has 2 aromatic rings. The van der Waals surface area contributed by atoms with Crippen LogP contribution in [0.1, 0.15) is 36.0 Å². The highest BCUT2D eigenvalue weighted by molar-refractivity contribution is 5.84. The van der Waals surface area contributed by atoms with Crippen molar-refractivity contribution in [3.05, 3.63) is 59.2 Å². The van der Waals surface area contributed by atoms with Crippen LogP contribution in [0.2, 0.25) is 0 Å². The molecule has 2 aromatic carbocycles. The van der Waals surface area contributed by atoms with Crippen LogP contribution in [0, 0.1) is 20.8 Å². The van der Waals surface area contributed by atoms with E-state index < -0.39 is 0 Å². The number of hydrogen-bond donors (Lipinski definition) is 3. The molecule has 0 heterocycles. The minimum atomic E-state index is -0.299. The minimum absolute atomic E-state index is 0.0903. The zero-order valence-electron chi connectivity index (χ0n) is 16.8. The molecule has 6 nitrogen and oxygen atoms in total. The Morgan fingerprint density at radius 2 is 1.54 bits per heavy atom. The van der Waals surface area contributed by atoms with E-state index in [2.05, 4.69) is 22.2 Å². The van der Waals surface area contributed by atoms with E-state index in [4.69, 9.17) is 4.74 Å². The van der Waals surface area contributed by atoms with E-state index in [9.17, 15) is 9.59 Å². The number of aryl methyl sites for hydroxylation is 3. The van der Waals surface area contributed by atoms with Crippen molar-refractivity contribution in [2.75, 3.05) is 18.5 Å². The summed E-state index contributed by atoms with van der Waals surface area (Å²) >= 11 is 0. The highest BCUT2D eigenvalue weighted by Crippen LogP contribution is 2.19.